The summed E-state index contributed by atoms with van der Waals surface area (Å²) in [5, 5.41) is 31.1. The van der Waals surface area contributed by atoms with Crippen LogP contribution in [-0.4, -0.2) is 45.2 Å². The van der Waals surface area contributed by atoms with Crippen molar-refractivity contribution in [3.05, 3.63) is 35.4 Å². The molecule has 0 aliphatic rings. The van der Waals surface area contributed by atoms with Crippen molar-refractivity contribution in [1.82, 2.24) is 5.32 Å². The average Bonchev–Trinajstić information content (AvgIpc) is 2.44. The largest absolute Gasteiger partial charge is 0.480 e. The third kappa shape index (κ3) is 4.59. The number of aliphatic hydroxyl groups is 2. The Hall–Kier alpha value is -1.44. The van der Waals surface area contributed by atoms with Crippen LogP contribution in [0.3, 0.4) is 0 Å². The van der Waals surface area contributed by atoms with E-state index in [1.165, 1.54) is 12.1 Å². The van der Waals surface area contributed by atoms with Crippen LogP contribution in [-0.2, 0) is 4.79 Å². The van der Waals surface area contributed by atoms with E-state index in [2.05, 4.69) is 21.2 Å². The van der Waals surface area contributed by atoms with Gasteiger partial charge < -0.3 is 20.6 Å². The zero-order chi connectivity index (χ0) is 15.1. The first-order chi connectivity index (χ1) is 9.47. The van der Waals surface area contributed by atoms with E-state index >= 15 is 0 Å². The zero-order valence-corrected chi connectivity index (χ0v) is 12.2. The number of aliphatic carboxylic acids is 1. The number of nitrogens with one attached hydrogen (secondary N) is 1. The quantitative estimate of drug-likeness (QED) is 0.543. The summed E-state index contributed by atoms with van der Waals surface area (Å²) in [4.78, 5) is 22.3. The van der Waals surface area contributed by atoms with E-state index in [0.717, 1.165) is 0 Å². The highest BCUT2D eigenvalue weighted by Gasteiger charge is 2.23. The summed E-state index contributed by atoms with van der Waals surface area (Å²) in [6.45, 7) is -0.507. The van der Waals surface area contributed by atoms with Crippen LogP contribution in [0.2, 0.25) is 0 Å². The lowest BCUT2D eigenvalue weighted by molar-refractivity contribution is -0.135. The van der Waals surface area contributed by atoms with E-state index in [4.69, 9.17) is 5.11 Å². The maximum Gasteiger partial charge on any atom is 0.322 e. The molecule has 0 aliphatic carbocycles. The van der Waals surface area contributed by atoms with Gasteiger partial charge >= 0.3 is 5.97 Å². The van der Waals surface area contributed by atoms with Crippen molar-refractivity contribution in [3.63, 3.8) is 0 Å². The molecule has 0 saturated heterocycles. The highest BCUT2D eigenvalue weighted by atomic mass is 79.9. The molecule has 1 aromatic rings. The van der Waals surface area contributed by atoms with Gasteiger partial charge in [0.25, 0.3) is 5.91 Å². The summed E-state index contributed by atoms with van der Waals surface area (Å²) in [7, 11) is 0. The highest BCUT2D eigenvalue weighted by Crippen LogP contribution is 2.23. The Morgan fingerprint density at radius 2 is 1.90 bits per heavy atom. The molecule has 6 nitrogen and oxygen atoms in total. The molecular formula is C13H16BrNO5. The van der Waals surface area contributed by atoms with E-state index in [-0.39, 0.29) is 11.1 Å². The van der Waals surface area contributed by atoms with Crippen LogP contribution in [0.25, 0.3) is 0 Å². The number of carboxylic acid groups (broad SMARTS) is 1. The Morgan fingerprint density at radius 1 is 1.25 bits per heavy atom. The second-order valence-corrected chi connectivity index (χ2v) is 4.95. The number of carbonyl (C=O) groups excluding carboxylic acids is 1. The van der Waals surface area contributed by atoms with Gasteiger partial charge in [-0.25, -0.2) is 0 Å². The van der Waals surface area contributed by atoms with Gasteiger partial charge in [-0.2, -0.15) is 0 Å². The lowest BCUT2D eigenvalue weighted by Crippen LogP contribution is -2.31. The standard InChI is InChI=1S/C13H16BrNO5/c14-6-5-10(16)12(19)8-3-1-2-4-9(8)13(20)15-7-11(17)18/h1-4,10,12,16,19H,5-7H2,(H,15,20)(H,17,18). The second-order valence-electron chi connectivity index (χ2n) is 4.15. The Bertz CT molecular complexity index is 480. The zero-order valence-electron chi connectivity index (χ0n) is 10.6. The van der Waals surface area contributed by atoms with Crippen molar-refractivity contribution >= 4 is 27.8 Å². The summed E-state index contributed by atoms with van der Waals surface area (Å²) in [6, 6.07) is 6.23. The first-order valence-electron chi connectivity index (χ1n) is 5.98. The minimum absolute atomic E-state index is 0.148. The van der Waals surface area contributed by atoms with Gasteiger partial charge in [-0.15, -0.1) is 0 Å². The molecule has 0 fully saturated rings. The van der Waals surface area contributed by atoms with Gasteiger partial charge in [0.15, 0.2) is 0 Å². The van der Waals surface area contributed by atoms with Crippen LogP contribution in [0.4, 0.5) is 0 Å². The van der Waals surface area contributed by atoms with E-state index in [9.17, 15) is 19.8 Å². The molecule has 2 unspecified atom stereocenters. The van der Waals surface area contributed by atoms with E-state index in [1.54, 1.807) is 12.1 Å². The summed E-state index contributed by atoms with van der Waals surface area (Å²) in [6.07, 6.45) is -1.89. The molecule has 0 bridgehead atoms. The highest BCUT2D eigenvalue weighted by molar-refractivity contribution is 9.09. The number of aliphatic hydroxyl groups excluding tert-OH is 2. The fourth-order valence-electron chi connectivity index (χ4n) is 1.69. The molecule has 0 saturated carbocycles. The van der Waals surface area contributed by atoms with Crippen molar-refractivity contribution in [2.75, 3.05) is 11.9 Å². The molecule has 20 heavy (non-hydrogen) atoms. The van der Waals surface area contributed by atoms with E-state index in [0.29, 0.717) is 11.8 Å². The van der Waals surface area contributed by atoms with Gasteiger partial charge in [-0.3, -0.25) is 9.59 Å². The van der Waals surface area contributed by atoms with Gasteiger partial charge in [0.2, 0.25) is 0 Å². The first-order valence-corrected chi connectivity index (χ1v) is 7.10. The van der Waals surface area contributed by atoms with Crippen LogP contribution < -0.4 is 5.32 Å². The maximum absolute atomic E-state index is 11.9. The first kappa shape index (κ1) is 16.6. The Kier molecular flexibility index (Phi) is 6.63. The van der Waals surface area contributed by atoms with Gasteiger partial charge in [0.1, 0.15) is 12.6 Å². The summed E-state index contributed by atoms with van der Waals surface area (Å²) < 4.78 is 0. The predicted molar refractivity (Wildman–Crippen MR) is 75.8 cm³/mol. The van der Waals surface area contributed by atoms with Crippen molar-refractivity contribution in [2.24, 2.45) is 0 Å². The average molecular weight is 346 g/mol. The van der Waals surface area contributed by atoms with Crippen molar-refractivity contribution in [1.29, 1.82) is 0 Å². The number of hydrogen-bond donors (Lipinski definition) is 4. The topological polar surface area (TPSA) is 107 Å². The predicted octanol–water partition coefficient (Wildman–Crippen LogP) is 0.680. The minimum Gasteiger partial charge on any atom is -0.480 e. The SMILES string of the molecule is O=C(O)CNC(=O)c1ccccc1C(O)C(O)CCBr. The number of rotatable bonds is 7. The maximum atomic E-state index is 11.9. The van der Waals surface area contributed by atoms with Crippen LogP contribution >= 0.6 is 15.9 Å². The fourth-order valence-corrected chi connectivity index (χ4v) is 2.16. The summed E-state index contributed by atoms with van der Waals surface area (Å²) >= 11 is 3.16. The fraction of sp³-hybridized carbons (Fsp3) is 0.385. The monoisotopic (exact) mass is 345 g/mol. The number of carboxylic acids is 1. The lowest BCUT2D eigenvalue weighted by Gasteiger charge is -2.19. The number of carbonyl (C=O) groups is 2. The molecule has 7 heteroatoms. The number of alkyl halides is 1. The van der Waals surface area contributed by atoms with Crippen molar-refractivity contribution in [2.45, 2.75) is 18.6 Å². The molecule has 1 amide bonds. The van der Waals surface area contributed by atoms with Gasteiger partial charge in [0.05, 0.1) is 6.10 Å². The molecule has 0 spiro atoms. The Labute approximate surface area is 124 Å². The molecule has 4 N–H and O–H groups in total. The van der Waals surface area contributed by atoms with Crippen LogP contribution in [0, 0.1) is 0 Å². The molecule has 1 rings (SSSR count). The molecular weight excluding hydrogens is 330 g/mol. The molecule has 1 aromatic carbocycles. The summed E-state index contributed by atoms with van der Waals surface area (Å²) in [5.74, 6) is -1.76. The molecule has 0 heterocycles. The normalized spacial score (nSPS) is 13.6. The smallest absolute Gasteiger partial charge is 0.322 e. The number of hydrogen-bond acceptors (Lipinski definition) is 4. The number of amides is 1. The Balaban J connectivity index is 2.92. The van der Waals surface area contributed by atoms with Gasteiger partial charge in [-0.05, 0) is 18.1 Å². The lowest BCUT2D eigenvalue weighted by atomic mass is 9.97. The van der Waals surface area contributed by atoms with Gasteiger partial charge in [-0.1, -0.05) is 34.1 Å². The minimum atomic E-state index is -1.21. The molecule has 0 aromatic heterocycles. The molecule has 0 aliphatic heterocycles. The second kappa shape index (κ2) is 7.98. The van der Waals surface area contributed by atoms with Crippen molar-refractivity contribution in [3.8, 4) is 0 Å². The number of halogens is 1. The van der Waals surface area contributed by atoms with Gasteiger partial charge in [0, 0.05) is 10.9 Å². The van der Waals surface area contributed by atoms with Crippen LogP contribution in [0.15, 0.2) is 24.3 Å². The molecule has 110 valence electrons. The van der Waals surface area contributed by atoms with E-state index in [1.807, 2.05) is 0 Å². The van der Waals surface area contributed by atoms with Crippen molar-refractivity contribution < 1.29 is 24.9 Å². The van der Waals surface area contributed by atoms with Crippen LogP contribution in [0.1, 0.15) is 28.4 Å². The number of benzene rings is 1. The molecule has 0 radical (unpaired) electrons. The van der Waals surface area contributed by atoms with E-state index < -0.39 is 30.6 Å². The van der Waals surface area contributed by atoms with Crippen LogP contribution in [0.5, 0.6) is 0 Å². The molecule has 2 atom stereocenters. The third-order valence-corrected chi connectivity index (χ3v) is 3.15. The Morgan fingerprint density at radius 3 is 2.50 bits per heavy atom. The summed E-state index contributed by atoms with van der Waals surface area (Å²) in [5.41, 5.74) is 0.415. The third-order valence-electron chi connectivity index (χ3n) is 2.69.